The van der Waals surface area contributed by atoms with Crippen LogP contribution in [0.2, 0.25) is 0 Å². The van der Waals surface area contributed by atoms with E-state index < -0.39 is 5.60 Å². The fourth-order valence-electron chi connectivity index (χ4n) is 1.40. The molecule has 0 aliphatic rings. The normalized spacial score (nSPS) is 12.8. The van der Waals surface area contributed by atoms with Crippen molar-refractivity contribution in [3.8, 4) is 0 Å². The van der Waals surface area contributed by atoms with Gasteiger partial charge in [-0.1, -0.05) is 6.92 Å². The molecule has 0 spiro atoms. The number of nitrogens with two attached hydrogens (primary N) is 1. The average molecular weight is 245 g/mol. The van der Waals surface area contributed by atoms with Crippen molar-refractivity contribution in [1.29, 1.82) is 0 Å². The molecule has 0 saturated carbocycles. The second-order valence-electron chi connectivity index (χ2n) is 5.51. The van der Waals surface area contributed by atoms with Crippen molar-refractivity contribution < 1.29 is 14.3 Å². The van der Waals surface area contributed by atoms with Crippen molar-refractivity contribution in [2.24, 2.45) is 5.73 Å². The van der Waals surface area contributed by atoms with Gasteiger partial charge in [0.15, 0.2) is 0 Å². The van der Waals surface area contributed by atoms with Crippen molar-refractivity contribution >= 4 is 5.78 Å². The molecule has 0 aromatic carbocycles. The summed E-state index contributed by atoms with van der Waals surface area (Å²) in [5.41, 5.74) is 4.59. The van der Waals surface area contributed by atoms with Gasteiger partial charge in [0.1, 0.15) is 5.78 Å². The van der Waals surface area contributed by atoms with Crippen LogP contribution in [0.25, 0.3) is 0 Å². The standard InChI is InChI=1S/C13H27NO3/c1-6-11(15)9-12(2,3)17-10-13(4,5)16-8-7-14/h6-10,14H2,1-5H3. The highest BCUT2D eigenvalue weighted by atomic mass is 16.6. The zero-order chi connectivity index (χ0) is 13.5. The van der Waals surface area contributed by atoms with Crippen LogP contribution >= 0.6 is 0 Å². The monoisotopic (exact) mass is 245 g/mol. The largest absolute Gasteiger partial charge is 0.372 e. The SMILES string of the molecule is CCC(=O)CC(C)(C)OCC(C)(C)OCCN. The molecular weight excluding hydrogens is 218 g/mol. The van der Waals surface area contributed by atoms with Gasteiger partial charge in [0, 0.05) is 19.4 Å². The third-order valence-corrected chi connectivity index (χ3v) is 2.44. The van der Waals surface area contributed by atoms with E-state index in [9.17, 15) is 4.79 Å². The zero-order valence-electron chi connectivity index (χ0n) is 11.8. The summed E-state index contributed by atoms with van der Waals surface area (Å²) >= 11 is 0. The van der Waals surface area contributed by atoms with Crippen LogP contribution in [-0.2, 0) is 14.3 Å². The van der Waals surface area contributed by atoms with E-state index in [1.165, 1.54) is 0 Å². The predicted molar refractivity (Wildman–Crippen MR) is 69.0 cm³/mol. The molecule has 0 aromatic heterocycles. The molecule has 0 heterocycles. The molecule has 0 unspecified atom stereocenters. The van der Waals surface area contributed by atoms with Gasteiger partial charge < -0.3 is 15.2 Å². The van der Waals surface area contributed by atoms with E-state index in [0.29, 0.717) is 32.6 Å². The van der Waals surface area contributed by atoms with Crippen molar-refractivity contribution in [1.82, 2.24) is 0 Å². The van der Waals surface area contributed by atoms with Crippen LogP contribution in [0.4, 0.5) is 0 Å². The van der Waals surface area contributed by atoms with Gasteiger partial charge in [-0.15, -0.1) is 0 Å². The molecule has 2 N–H and O–H groups in total. The van der Waals surface area contributed by atoms with Gasteiger partial charge in [-0.05, 0) is 27.7 Å². The van der Waals surface area contributed by atoms with Gasteiger partial charge in [-0.2, -0.15) is 0 Å². The van der Waals surface area contributed by atoms with Crippen LogP contribution in [0.15, 0.2) is 0 Å². The molecule has 102 valence electrons. The molecule has 0 aliphatic carbocycles. The first-order valence-corrected chi connectivity index (χ1v) is 6.22. The second kappa shape index (κ2) is 7.09. The Hall–Kier alpha value is -0.450. The minimum Gasteiger partial charge on any atom is -0.372 e. The van der Waals surface area contributed by atoms with Crippen molar-refractivity contribution in [3.63, 3.8) is 0 Å². The summed E-state index contributed by atoms with van der Waals surface area (Å²) in [6.07, 6.45) is 0.996. The highest BCUT2D eigenvalue weighted by molar-refractivity contribution is 5.78. The highest BCUT2D eigenvalue weighted by Gasteiger charge is 2.26. The first kappa shape index (κ1) is 16.6. The fourth-order valence-corrected chi connectivity index (χ4v) is 1.40. The van der Waals surface area contributed by atoms with E-state index in [1.807, 2.05) is 34.6 Å². The number of hydrogen-bond acceptors (Lipinski definition) is 4. The third kappa shape index (κ3) is 8.30. The average Bonchev–Trinajstić information content (AvgIpc) is 2.23. The first-order valence-electron chi connectivity index (χ1n) is 6.22. The summed E-state index contributed by atoms with van der Waals surface area (Å²) in [6, 6.07) is 0. The number of hydrogen-bond donors (Lipinski definition) is 1. The molecule has 0 fully saturated rings. The van der Waals surface area contributed by atoms with Crippen molar-refractivity contribution in [2.45, 2.75) is 58.7 Å². The molecule has 0 rings (SSSR count). The van der Waals surface area contributed by atoms with Crippen molar-refractivity contribution in [3.05, 3.63) is 0 Å². The Balaban J connectivity index is 4.11. The van der Waals surface area contributed by atoms with Crippen LogP contribution in [0, 0.1) is 0 Å². The quantitative estimate of drug-likeness (QED) is 0.674. The summed E-state index contributed by atoms with van der Waals surface area (Å²) in [6.45, 7) is 11.1. The van der Waals surface area contributed by atoms with Gasteiger partial charge in [0.25, 0.3) is 0 Å². The van der Waals surface area contributed by atoms with E-state index in [0.717, 1.165) is 0 Å². The van der Waals surface area contributed by atoms with Crippen LogP contribution in [-0.4, -0.2) is 36.7 Å². The topological polar surface area (TPSA) is 61.5 Å². The maximum Gasteiger partial charge on any atom is 0.135 e. The maximum atomic E-state index is 11.4. The molecule has 0 bridgehead atoms. The number of ketones is 1. The lowest BCUT2D eigenvalue weighted by molar-refractivity contribution is -0.137. The van der Waals surface area contributed by atoms with Gasteiger partial charge >= 0.3 is 0 Å². The fraction of sp³-hybridized carbons (Fsp3) is 0.923. The molecule has 0 amide bonds. The number of Topliss-reactive ketones (excluding diaryl/α,β-unsaturated/α-hetero) is 1. The van der Waals surface area contributed by atoms with Gasteiger partial charge in [-0.25, -0.2) is 0 Å². The Labute approximate surface area is 105 Å². The summed E-state index contributed by atoms with van der Waals surface area (Å²) in [4.78, 5) is 11.4. The Kier molecular flexibility index (Phi) is 6.90. The third-order valence-electron chi connectivity index (χ3n) is 2.44. The van der Waals surface area contributed by atoms with Gasteiger partial charge in [-0.3, -0.25) is 4.79 Å². The Morgan fingerprint density at radius 3 is 2.18 bits per heavy atom. The molecule has 17 heavy (non-hydrogen) atoms. The Morgan fingerprint density at radius 2 is 1.71 bits per heavy atom. The number of rotatable bonds is 9. The smallest absolute Gasteiger partial charge is 0.135 e. The van der Waals surface area contributed by atoms with Crippen LogP contribution in [0.5, 0.6) is 0 Å². The van der Waals surface area contributed by atoms with Gasteiger partial charge in [0.2, 0.25) is 0 Å². The summed E-state index contributed by atoms with van der Waals surface area (Å²) < 4.78 is 11.3. The zero-order valence-corrected chi connectivity index (χ0v) is 11.8. The minimum absolute atomic E-state index is 0.218. The van der Waals surface area contributed by atoms with E-state index in [2.05, 4.69) is 0 Å². The lowest BCUT2D eigenvalue weighted by Gasteiger charge is -2.31. The highest BCUT2D eigenvalue weighted by Crippen LogP contribution is 2.20. The van der Waals surface area contributed by atoms with Crippen LogP contribution in [0.3, 0.4) is 0 Å². The molecule has 0 aliphatic heterocycles. The van der Waals surface area contributed by atoms with Crippen LogP contribution < -0.4 is 5.73 Å². The van der Waals surface area contributed by atoms with Crippen LogP contribution in [0.1, 0.15) is 47.5 Å². The summed E-state index contributed by atoms with van der Waals surface area (Å²) in [7, 11) is 0. The number of ether oxygens (including phenoxy) is 2. The minimum atomic E-state index is -0.434. The molecule has 0 radical (unpaired) electrons. The Bertz CT molecular complexity index is 237. The Morgan fingerprint density at radius 1 is 1.12 bits per heavy atom. The summed E-state index contributed by atoms with van der Waals surface area (Å²) in [5.74, 6) is 0.218. The predicted octanol–water partition coefficient (Wildman–Crippen LogP) is 1.90. The molecule has 0 aromatic rings. The van der Waals surface area contributed by atoms with E-state index >= 15 is 0 Å². The van der Waals surface area contributed by atoms with E-state index in [-0.39, 0.29) is 11.4 Å². The lowest BCUT2D eigenvalue weighted by Crippen LogP contribution is -2.38. The van der Waals surface area contributed by atoms with E-state index in [1.54, 1.807) is 0 Å². The van der Waals surface area contributed by atoms with Crippen molar-refractivity contribution in [2.75, 3.05) is 19.8 Å². The first-order chi connectivity index (χ1) is 7.72. The molecule has 4 nitrogen and oxygen atoms in total. The molecular formula is C13H27NO3. The number of carbonyl (C=O) groups excluding carboxylic acids is 1. The summed E-state index contributed by atoms with van der Waals surface area (Å²) in [5, 5.41) is 0. The molecule has 4 heteroatoms. The molecule has 0 atom stereocenters. The number of carbonyl (C=O) groups is 1. The van der Waals surface area contributed by atoms with Gasteiger partial charge in [0.05, 0.1) is 24.4 Å². The maximum absolute atomic E-state index is 11.4. The second-order valence-corrected chi connectivity index (χ2v) is 5.51. The van der Waals surface area contributed by atoms with E-state index in [4.69, 9.17) is 15.2 Å². The lowest BCUT2D eigenvalue weighted by atomic mass is 10.00. The molecule has 0 saturated heterocycles.